The number of carbonyl (C=O) groups excluding carboxylic acids is 1. The number of nitrogens with zero attached hydrogens (tertiary/aromatic N) is 1. The molecular formula is C14H18N2O5. The lowest BCUT2D eigenvalue weighted by molar-refractivity contribution is -0.139. The van der Waals surface area contributed by atoms with Gasteiger partial charge in [-0.15, -0.1) is 0 Å². The van der Waals surface area contributed by atoms with Gasteiger partial charge in [-0.05, 0) is 18.6 Å². The topological polar surface area (TPSA) is 99.1 Å². The van der Waals surface area contributed by atoms with Crippen LogP contribution in [0.15, 0.2) is 24.3 Å². The number of aliphatic hydroxyl groups excluding tert-OH is 1. The van der Waals surface area contributed by atoms with Gasteiger partial charge in [-0.2, -0.15) is 0 Å². The van der Waals surface area contributed by atoms with Crippen LogP contribution < -0.4 is 15.0 Å². The highest BCUT2D eigenvalue weighted by atomic mass is 16.5. The molecule has 1 aliphatic rings. The smallest absolute Gasteiger partial charge is 0.326 e. The standard InChI is InChI=1S/C14H18N2O5/c17-8-6-10(13(18)19)15-14(20)16-7-3-9-21-12-5-2-1-4-11(12)16/h1-2,4-5,10,17H,3,6-9H2,(H,15,20)(H,18,19). The molecule has 2 rings (SSSR count). The van der Waals surface area contributed by atoms with Crippen molar-refractivity contribution in [3.05, 3.63) is 24.3 Å². The van der Waals surface area contributed by atoms with E-state index in [1.54, 1.807) is 18.2 Å². The van der Waals surface area contributed by atoms with E-state index in [0.717, 1.165) is 0 Å². The molecule has 0 bridgehead atoms. The lowest BCUT2D eigenvalue weighted by Gasteiger charge is -2.24. The molecule has 0 radical (unpaired) electrons. The second-order valence-electron chi connectivity index (χ2n) is 4.67. The van der Waals surface area contributed by atoms with Crippen LogP contribution in [-0.2, 0) is 4.79 Å². The van der Waals surface area contributed by atoms with Gasteiger partial charge in [0.2, 0.25) is 0 Å². The summed E-state index contributed by atoms with van der Waals surface area (Å²) in [6, 6.07) is 5.50. The number of nitrogens with one attached hydrogen (secondary N) is 1. The normalized spacial score (nSPS) is 15.4. The van der Waals surface area contributed by atoms with Crippen LogP contribution in [0.2, 0.25) is 0 Å². The highest BCUT2D eigenvalue weighted by molar-refractivity contribution is 5.95. The number of rotatable bonds is 4. The summed E-state index contributed by atoms with van der Waals surface area (Å²) in [7, 11) is 0. The van der Waals surface area contributed by atoms with Crippen molar-refractivity contribution in [1.29, 1.82) is 0 Å². The number of benzene rings is 1. The van der Waals surface area contributed by atoms with Crippen molar-refractivity contribution in [3.8, 4) is 5.75 Å². The van der Waals surface area contributed by atoms with E-state index in [1.165, 1.54) is 4.90 Å². The maximum Gasteiger partial charge on any atom is 0.326 e. The Balaban J connectivity index is 2.16. The summed E-state index contributed by atoms with van der Waals surface area (Å²) >= 11 is 0. The first-order chi connectivity index (χ1) is 10.1. The SMILES string of the molecule is O=C(O)C(CCO)NC(=O)N1CCCOc2ccccc21. The van der Waals surface area contributed by atoms with E-state index in [1.807, 2.05) is 6.07 Å². The molecule has 21 heavy (non-hydrogen) atoms. The van der Waals surface area contributed by atoms with Gasteiger partial charge < -0.3 is 20.3 Å². The fourth-order valence-corrected chi connectivity index (χ4v) is 2.15. The molecule has 0 fully saturated rings. The number of fused-ring (bicyclic) bond motifs is 1. The Morgan fingerprint density at radius 3 is 2.86 bits per heavy atom. The predicted octanol–water partition coefficient (Wildman–Crippen LogP) is 0.821. The zero-order valence-corrected chi connectivity index (χ0v) is 11.5. The third-order valence-corrected chi connectivity index (χ3v) is 3.20. The van der Waals surface area contributed by atoms with Crippen molar-refractivity contribution in [2.75, 3.05) is 24.7 Å². The van der Waals surface area contributed by atoms with Gasteiger partial charge in [-0.1, -0.05) is 12.1 Å². The maximum atomic E-state index is 12.3. The van der Waals surface area contributed by atoms with E-state index >= 15 is 0 Å². The number of ether oxygens (including phenoxy) is 1. The number of urea groups is 1. The number of carboxylic acids is 1. The molecule has 1 heterocycles. The van der Waals surface area contributed by atoms with Crippen molar-refractivity contribution in [2.45, 2.75) is 18.9 Å². The number of hydrogen-bond donors (Lipinski definition) is 3. The van der Waals surface area contributed by atoms with Gasteiger partial charge >= 0.3 is 12.0 Å². The predicted molar refractivity (Wildman–Crippen MR) is 75.6 cm³/mol. The summed E-state index contributed by atoms with van der Waals surface area (Å²) in [5.74, 6) is -0.573. The van der Waals surface area contributed by atoms with Crippen molar-refractivity contribution < 1.29 is 24.5 Å². The second-order valence-corrected chi connectivity index (χ2v) is 4.67. The Morgan fingerprint density at radius 2 is 2.14 bits per heavy atom. The minimum Gasteiger partial charge on any atom is -0.491 e. The molecule has 3 N–H and O–H groups in total. The number of anilines is 1. The summed E-state index contributed by atoms with van der Waals surface area (Å²) in [5, 5.41) is 20.3. The van der Waals surface area contributed by atoms with Gasteiger partial charge in [0.15, 0.2) is 0 Å². The van der Waals surface area contributed by atoms with E-state index in [4.69, 9.17) is 14.9 Å². The maximum absolute atomic E-state index is 12.3. The number of aliphatic hydroxyl groups is 1. The first kappa shape index (κ1) is 15.1. The average molecular weight is 294 g/mol. The molecule has 7 heteroatoms. The van der Waals surface area contributed by atoms with Gasteiger partial charge in [-0.3, -0.25) is 4.90 Å². The van der Waals surface area contributed by atoms with Crippen molar-refractivity contribution in [3.63, 3.8) is 0 Å². The van der Waals surface area contributed by atoms with Gasteiger partial charge in [0, 0.05) is 19.6 Å². The Bertz CT molecular complexity index is 520. The van der Waals surface area contributed by atoms with Crippen LogP contribution in [0.25, 0.3) is 0 Å². The molecular weight excluding hydrogens is 276 g/mol. The first-order valence-electron chi connectivity index (χ1n) is 6.77. The molecule has 1 aliphatic heterocycles. The van der Waals surface area contributed by atoms with Crippen LogP contribution in [0.1, 0.15) is 12.8 Å². The summed E-state index contributed by atoms with van der Waals surface area (Å²) in [6.07, 6.45) is 0.618. The van der Waals surface area contributed by atoms with Gasteiger partial charge in [-0.25, -0.2) is 9.59 Å². The number of hydrogen-bond acceptors (Lipinski definition) is 4. The van der Waals surface area contributed by atoms with Crippen LogP contribution in [0.3, 0.4) is 0 Å². The number of carbonyl (C=O) groups is 2. The molecule has 0 saturated carbocycles. The molecule has 7 nitrogen and oxygen atoms in total. The van der Waals surface area contributed by atoms with E-state index in [2.05, 4.69) is 5.32 Å². The minimum absolute atomic E-state index is 0.0347. The summed E-state index contributed by atoms with van der Waals surface area (Å²) in [6.45, 7) is 0.630. The molecule has 114 valence electrons. The zero-order chi connectivity index (χ0) is 15.2. The van der Waals surface area contributed by atoms with Gasteiger partial charge in [0.1, 0.15) is 11.8 Å². The molecule has 1 unspecified atom stereocenters. The van der Waals surface area contributed by atoms with Crippen LogP contribution in [0.5, 0.6) is 5.75 Å². The first-order valence-corrected chi connectivity index (χ1v) is 6.77. The van der Waals surface area contributed by atoms with Crippen LogP contribution in [-0.4, -0.2) is 48.0 Å². The number of carboxylic acid groups (broad SMARTS) is 1. The zero-order valence-electron chi connectivity index (χ0n) is 11.5. The molecule has 0 spiro atoms. The number of para-hydroxylation sites is 2. The fraction of sp³-hybridized carbons (Fsp3) is 0.429. The molecule has 1 aromatic carbocycles. The number of amides is 2. The summed E-state index contributed by atoms with van der Waals surface area (Å²) in [5.41, 5.74) is 0.612. The molecule has 1 aromatic rings. The fourth-order valence-electron chi connectivity index (χ4n) is 2.15. The molecule has 2 amide bonds. The molecule has 0 saturated heterocycles. The number of aliphatic carboxylic acids is 1. The average Bonchev–Trinajstić information content (AvgIpc) is 2.69. The lowest BCUT2D eigenvalue weighted by Crippen LogP contribution is -2.48. The van der Waals surface area contributed by atoms with E-state index < -0.39 is 18.0 Å². The quantitative estimate of drug-likeness (QED) is 0.763. The monoisotopic (exact) mass is 294 g/mol. The summed E-state index contributed by atoms with van der Waals surface area (Å²) in [4.78, 5) is 24.8. The van der Waals surface area contributed by atoms with Crippen LogP contribution in [0, 0.1) is 0 Å². The van der Waals surface area contributed by atoms with Gasteiger partial charge in [0.25, 0.3) is 0 Å². The van der Waals surface area contributed by atoms with E-state index in [0.29, 0.717) is 31.0 Å². The largest absolute Gasteiger partial charge is 0.491 e. The molecule has 1 atom stereocenters. The third kappa shape index (κ3) is 3.63. The Kier molecular flexibility index (Phi) is 4.99. The molecule has 0 aromatic heterocycles. The van der Waals surface area contributed by atoms with Crippen molar-refractivity contribution in [1.82, 2.24) is 5.32 Å². The van der Waals surface area contributed by atoms with Crippen LogP contribution >= 0.6 is 0 Å². The third-order valence-electron chi connectivity index (χ3n) is 3.20. The lowest BCUT2D eigenvalue weighted by atomic mass is 10.2. The minimum atomic E-state index is -1.17. The van der Waals surface area contributed by atoms with Crippen LogP contribution in [0.4, 0.5) is 10.5 Å². The van der Waals surface area contributed by atoms with Gasteiger partial charge in [0.05, 0.1) is 12.3 Å². The van der Waals surface area contributed by atoms with Crippen molar-refractivity contribution in [2.24, 2.45) is 0 Å². The molecule has 0 aliphatic carbocycles. The highest BCUT2D eigenvalue weighted by Gasteiger charge is 2.26. The van der Waals surface area contributed by atoms with E-state index in [-0.39, 0.29) is 13.0 Å². The highest BCUT2D eigenvalue weighted by Crippen LogP contribution is 2.30. The second kappa shape index (κ2) is 6.94. The van der Waals surface area contributed by atoms with Crippen molar-refractivity contribution >= 4 is 17.7 Å². The Hall–Kier alpha value is -2.28. The Morgan fingerprint density at radius 1 is 1.38 bits per heavy atom. The van der Waals surface area contributed by atoms with E-state index in [9.17, 15) is 9.59 Å². The Labute approximate surface area is 122 Å². The summed E-state index contributed by atoms with van der Waals surface area (Å²) < 4.78 is 5.55.